The van der Waals surface area contributed by atoms with Gasteiger partial charge in [0.2, 0.25) is 5.41 Å². The Morgan fingerprint density at radius 2 is 1.46 bits per heavy atom. The lowest BCUT2D eigenvalue weighted by molar-refractivity contribution is -0.168. The molecule has 0 atom stereocenters. The molecule has 0 fully saturated rings. The zero-order valence-corrected chi connectivity index (χ0v) is 7.53. The van der Waals surface area contributed by atoms with E-state index in [9.17, 15) is 14.4 Å². The van der Waals surface area contributed by atoms with Crippen molar-refractivity contribution in [3.05, 3.63) is 0 Å². The van der Waals surface area contributed by atoms with Gasteiger partial charge in [0.05, 0.1) is 0 Å². The van der Waals surface area contributed by atoms with Crippen molar-refractivity contribution in [2.45, 2.75) is 26.7 Å². The second-order valence-corrected chi connectivity index (χ2v) is 2.65. The number of hydrogen-bond donors (Lipinski definition) is 2. The monoisotopic (exact) mass is 188 g/mol. The van der Waals surface area contributed by atoms with E-state index in [1.54, 1.807) is 0 Å². The summed E-state index contributed by atoms with van der Waals surface area (Å²) in [5, 5.41) is 17.4. The molecule has 0 amide bonds. The topological polar surface area (TPSA) is 91.7 Å². The molecule has 0 aliphatic rings. The van der Waals surface area contributed by atoms with Crippen molar-refractivity contribution < 1.29 is 24.6 Å². The van der Waals surface area contributed by atoms with Crippen LogP contribution in [0.15, 0.2) is 0 Å². The molecule has 0 radical (unpaired) electrons. The molecule has 5 nitrogen and oxygen atoms in total. The molecule has 0 aliphatic carbocycles. The number of rotatable bonds is 5. The number of Topliss-reactive ketones (excluding diaryl/α,β-unsaturated/α-hetero) is 1. The van der Waals surface area contributed by atoms with Crippen LogP contribution in [0.1, 0.15) is 26.7 Å². The normalized spacial score (nSPS) is 10.9. The molecule has 0 spiro atoms. The molecular formula is C8H12O5. The molecule has 74 valence electrons. The standard InChI is InChI=1S/C8H12O5/c1-3-5(9)8(4-2,6(10)11)7(12)13/h3-4H2,1-2H3,(H,10,11)(H,12,13). The Hall–Kier alpha value is -1.39. The molecule has 2 N–H and O–H groups in total. The first-order chi connectivity index (χ1) is 5.93. The van der Waals surface area contributed by atoms with Gasteiger partial charge in [-0.25, -0.2) is 0 Å². The van der Waals surface area contributed by atoms with Crippen LogP contribution in [0.4, 0.5) is 0 Å². The molecule has 0 aromatic heterocycles. The van der Waals surface area contributed by atoms with Crippen LogP contribution in [0.25, 0.3) is 0 Å². The zero-order valence-electron chi connectivity index (χ0n) is 7.53. The lowest BCUT2D eigenvalue weighted by Crippen LogP contribution is -2.45. The maximum Gasteiger partial charge on any atom is 0.328 e. The Balaban J connectivity index is 5.23. The Morgan fingerprint density at radius 3 is 1.54 bits per heavy atom. The molecule has 0 unspecified atom stereocenters. The van der Waals surface area contributed by atoms with Gasteiger partial charge in [0.15, 0.2) is 5.78 Å². The summed E-state index contributed by atoms with van der Waals surface area (Å²) in [7, 11) is 0. The molecule has 5 heteroatoms. The van der Waals surface area contributed by atoms with Crippen LogP contribution >= 0.6 is 0 Å². The smallest absolute Gasteiger partial charge is 0.328 e. The van der Waals surface area contributed by atoms with Crippen molar-refractivity contribution in [3.63, 3.8) is 0 Å². The molecule has 0 saturated heterocycles. The Morgan fingerprint density at radius 1 is 1.08 bits per heavy atom. The summed E-state index contributed by atoms with van der Waals surface area (Å²) in [6, 6.07) is 0. The maximum absolute atomic E-state index is 11.2. The van der Waals surface area contributed by atoms with E-state index in [4.69, 9.17) is 10.2 Å². The second-order valence-electron chi connectivity index (χ2n) is 2.65. The fraction of sp³-hybridized carbons (Fsp3) is 0.625. The van der Waals surface area contributed by atoms with Crippen LogP contribution in [0.5, 0.6) is 0 Å². The highest BCUT2D eigenvalue weighted by Crippen LogP contribution is 2.25. The first kappa shape index (κ1) is 11.6. The van der Waals surface area contributed by atoms with E-state index in [0.29, 0.717) is 0 Å². The van der Waals surface area contributed by atoms with Crippen LogP contribution < -0.4 is 0 Å². The number of hydrogen-bond acceptors (Lipinski definition) is 3. The summed E-state index contributed by atoms with van der Waals surface area (Å²) < 4.78 is 0. The van der Waals surface area contributed by atoms with Crippen LogP contribution in [0.2, 0.25) is 0 Å². The SMILES string of the molecule is CCC(=O)C(CC)(C(=O)O)C(=O)O. The lowest BCUT2D eigenvalue weighted by atomic mass is 9.80. The third kappa shape index (κ3) is 1.68. The van der Waals surface area contributed by atoms with Crippen molar-refractivity contribution >= 4 is 17.7 Å². The van der Waals surface area contributed by atoms with E-state index in [2.05, 4.69) is 0 Å². The van der Waals surface area contributed by atoms with E-state index in [1.807, 2.05) is 0 Å². The molecule has 0 bridgehead atoms. The summed E-state index contributed by atoms with van der Waals surface area (Å²) in [6.45, 7) is 2.81. The highest BCUT2D eigenvalue weighted by molar-refractivity contribution is 6.19. The van der Waals surface area contributed by atoms with Crippen molar-refractivity contribution in [2.75, 3.05) is 0 Å². The van der Waals surface area contributed by atoms with Crippen molar-refractivity contribution in [1.29, 1.82) is 0 Å². The van der Waals surface area contributed by atoms with E-state index in [1.165, 1.54) is 13.8 Å². The minimum atomic E-state index is -2.26. The predicted molar refractivity (Wildman–Crippen MR) is 43.3 cm³/mol. The molecule has 0 aliphatic heterocycles. The van der Waals surface area contributed by atoms with Crippen molar-refractivity contribution in [3.8, 4) is 0 Å². The summed E-state index contributed by atoms with van der Waals surface area (Å²) >= 11 is 0. The van der Waals surface area contributed by atoms with Gasteiger partial charge in [0.1, 0.15) is 0 Å². The summed E-state index contributed by atoms with van der Waals surface area (Å²) in [5.74, 6) is -3.95. The number of carbonyl (C=O) groups is 3. The van der Waals surface area contributed by atoms with Crippen molar-refractivity contribution in [1.82, 2.24) is 0 Å². The Labute approximate surface area is 75.4 Å². The van der Waals surface area contributed by atoms with Gasteiger partial charge < -0.3 is 10.2 Å². The molecular weight excluding hydrogens is 176 g/mol. The Bertz CT molecular complexity index is 229. The van der Waals surface area contributed by atoms with E-state index in [-0.39, 0.29) is 12.8 Å². The molecule has 0 heterocycles. The highest BCUT2D eigenvalue weighted by Gasteiger charge is 2.50. The largest absolute Gasteiger partial charge is 0.480 e. The average Bonchev–Trinajstić information content (AvgIpc) is 2.04. The number of ketones is 1. The van der Waals surface area contributed by atoms with Gasteiger partial charge in [0, 0.05) is 6.42 Å². The van der Waals surface area contributed by atoms with E-state index >= 15 is 0 Å². The summed E-state index contributed by atoms with van der Waals surface area (Å²) in [4.78, 5) is 32.6. The Kier molecular flexibility index (Phi) is 3.59. The van der Waals surface area contributed by atoms with Crippen LogP contribution in [0, 0.1) is 5.41 Å². The van der Waals surface area contributed by atoms with Crippen molar-refractivity contribution in [2.24, 2.45) is 5.41 Å². The van der Waals surface area contributed by atoms with Gasteiger partial charge in [-0.05, 0) is 6.42 Å². The summed E-state index contributed by atoms with van der Waals surface area (Å²) in [5.41, 5.74) is -2.26. The molecule has 0 aromatic carbocycles. The zero-order chi connectivity index (χ0) is 10.6. The number of carboxylic acids is 2. The predicted octanol–water partition coefficient (Wildman–Crippen LogP) is 0.531. The number of carbonyl (C=O) groups excluding carboxylic acids is 1. The molecule has 0 rings (SSSR count). The van der Waals surface area contributed by atoms with Gasteiger partial charge in [-0.1, -0.05) is 13.8 Å². The molecule has 0 aromatic rings. The van der Waals surface area contributed by atoms with Crippen LogP contribution in [0.3, 0.4) is 0 Å². The molecule has 13 heavy (non-hydrogen) atoms. The quantitative estimate of drug-likeness (QED) is 0.614. The minimum Gasteiger partial charge on any atom is -0.480 e. The summed E-state index contributed by atoms with van der Waals surface area (Å²) in [6.07, 6.45) is -0.323. The van der Waals surface area contributed by atoms with Crippen LogP contribution in [-0.4, -0.2) is 27.9 Å². The van der Waals surface area contributed by atoms with Gasteiger partial charge >= 0.3 is 11.9 Å². The van der Waals surface area contributed by atoms with Crippen LogP contribution in [-0.2, 0) is 14.4 Å². The number of aliphatic carboxylic acids is 2. The van der Waals surface area contributed by atoms with Gasteiger partial charge in [0.25, 0.3) is 0 Å². The second kappa shape index (κ2) is 4.02. The maximum atomic E-state index is 11.2. The molecule has 0 saturated carbocycles. The van der Waals surface area contributed by atoms with Gasteiger partial charge in [-0.2, -0.15) is 0 Å². The lowest BCUT2D eigenvalue weighted by Gasteiger charge is -2.20. The third-order valence-electron chi connectivity index (χ3n) is 2.06. The van der Waals surface area contributed by atoms with Gasteiger partial charge in [-0.3, -0.25) is 14.4 Å². The van der Waals surface area contributed by atoms with Gasteiger partial charge in [-0.15, -0.1) is 0 Å². The fourth-order valence-corrected chi connectivity index (χ4v) is 1.13. The third-order valence-corrected chi connectivity index (χ3v) is 2.06. The minimum absolute atomic E-state index is 0.0908. The van der Waals surface area contributed by atoms with E-state index < -0.39 is 23.1 Å². The highest BCUT2D eigenvalue weighted by atomic mass is 16.4. The van der Waals surface area contributed by atoms with E-state index in [0.717, 1.165) is 0 Å². The first-order valence-corrected chi connectivity index (χ1v) is 3.93. The first-order valence-electron chi connectivity index (χ1n) is 3.93. The fourth-order valence-electron chi connectivity index (χ4n) is 1.13. The average molecular weight is 188 g/mol. The number of carboxylic acid groups (broad SMARTS) is 2.